The van der Waals surface area contributed by atoms with Crippen molar-refractivity contribution in [1.82, 2.24) is 9.55 Å². The van der Waals surface area contributed by atoms with Crippen LogP contribution in [-0.4, -0.2) is 22.6 Å². The quantitative estimate of drug-likeness (QED) is 0.854. The molecule has 0 aliphatic carbocycles. The first kappa shape index (κ1) is 15.3. The van der Waals surface area contributed by atoms with Crippen molar-refractivity contribution >= 4 is 5.82 Å². The van der Waals surface area contributed by atoms with E-state index in [4.69, 9.17) is 0 Å². The van der Waals surface area contributed by atoms with E-state index in [-0.39, 0.29) is 17.2 Å². The molecule has 0 unspecified atom stereocenters. The monoisotopic (exact) mass is 308 g/mol. The number of nitrogens with zero attached hydrogens (tertiary/aromatic N) is 4. The summed E-state index contributed by atoms with van der Waals surface area (Å²) in [6.45, 7) is 5.35. The predicted octanol–water partition coefficient (Wildman–Crippen LogP) is 2.30. The molecule has 0 radical (unpaired) electrons. The van der Waals surface area contributed by atoms with Gasteiger partial charge in [0.05, 0.1) is 0 Å². The zero-order chi connectivity index (χ0) is 16.4. The molecule has 0 atom stereocenters. The molecule has 1 aliphatic rings. The lowest BCUT2D eigenvalue weighted by Crippen LogP contribution is -2.33. The lowest BCUT2D eigenvalue weighted by Gasteiger charge is -2.23. The maximum Gasteiger partial charge on any atom is 0.273 e. The molecule has 3 rings (SSSR count). The molecule has 0 saturated heterocycles. The fourth-order valence-corrected chi connectivity index (χ4v) is 3.04. The van der Waals surface area contributed by atoms with Gasteiger partial charge in [0.1, 0.15) is 12.4 Å². The van der Waals surface area contributed by atoms with Gasteiger partial charge in [0.2, 0.25) is 0 Å². The standard InChI is InChI=1S/C18H20N4O/c1-13(2)22-12-20-17(16(11-19)18(22)23)21-9-7-14-5-3-4-6-15(14)8-10-21/h3-6,12-13H,7-10H2,1-2H3. The Morgan fingerprint density at radius 1 is 1.17 bits per heavy atom. The van der Waals surface area contributed by atoms with Gasteiger partial charge < -0.3 is 4.90 Å². The van der Waals surface area contributed by atoms with Gasteiger partial charge in [-0.15, -0.1) is 0 Å². The molecule has 2 heterocycles. The van der Waals surface area contributed by atoms with E-state index in [1.807, 2.05) is 13.8 Å². The van der Waals surface area contributed by atoms with E-state index in [0.717, 1.165) is 25.9 Å². The van der Waals surface area contributed by atoms with Crippen molar-refractivity contribution in [1.29, 1.82) is 5.26 Å². The molecule has 0 fully saturated rings. The van der Waals surface area contributed by atoms with Crippen LogP contribution in [0.5, 0.6) is 0 Å². The van der Waals surface area contributed by atoms with Gasteiger partial charge in [-0.3, -0.25) is 9.36 Å². The summed E-state index contributed by atoms with van der Waals surface area (Å²) < 4.78 is 1.51. The molecule has 5 heteroatoms. The molecule has 2 aromatic rings. The van der Waals surface area contributed by atoms with Gasteiger partial charge in [-0.05, 0) is 37.8 Å². The second kappa shape index (κ2) is 6.25. The van der Waals surface area contributed by atoms with Crippen molar-refractivity contribution in [3.63, 3.8) is 0 Å². The lowest BCUT2D eigenvalue weighted by atomic mass is 10.0. The molecule has 1 aromatic carbocycles. The molecular weight excluding hydrogens is 288 g/mol. The third kappa shape index (κ3) is 2.85. The third-order valence-corrected chi connectivity index (χ3v) is 4.36. The molecule has 0 spiro atoms. The maximum atomic E-state index is 12.5. The molecule has 0 amide bonds. The molecular formula is C18H20N4O. The summed E-state index contributed by atoms with van der Waals surface area (Å²) in [7, 11) is 0. The summed E-state index contributed by atoms with van der Waals surface area (Å²) in [5, 5.41) is 9.45. The van der Waals surface area contributed by atoms with Crippen LogP contribution in [0.25, 0.3) is 0 Å². The summed E-state index contributed by atoms with van der Waals surface area (Å²) in [6, 6.07) is 10.5. The van der Waals surface area contributed by atoms with E-state index in [1.165, 1.54) is 15.7 Å². The predicted molar refractivity (Wildman–Crippen MR) is 89.7 cm³/mol. The van der Waals surface area contributed by atoms with E-state index >= 15 is 0 Å². The van der Waals surface area contributed by atoms with Crippen LogP contribution in [0.2, 0.25) is 0 Å². The summed E-state index contributed by atoms with van der Waals surface area (Å²) in [5.41, 5.74) is 2.56. The SMILES string of the molecule is CC(C)n1cnc(N2CCc3ccccc3CC2)c(C#N)c1=O. The highest BCUT2D eigenvalue weighted by Crippen LogP contribution is 2.21. The minimum Gasteiger partial charge on any atom is -0.355 e. The number of hydrogen-bond donors (Lipinski definition) is 0. The normalized spacial score (nSPS) is 14.3. The summed E-state index contributed by atoms with van der Waals surface area (Å²) in [4.78, 5) is 19.0. The third-order valence-electron chi connectivity index (χ3n) is 4.36. The minimum atomic E-state index is -0.255. The number of benzene rings is 1. The van der Waals surface area contributed by atoms with Crippen LogP contribution in [0.1, 0.15) is 36.6 Å². The van der Waals surface area contributed by atoms with Gasteiger partial charge >= 0.3 is 0 Å². The van der Waals surface area contributed by atoms with Crippen molar-refractivity contribution in [3.8, 4) is 6.07 Å². The highest BCUT2D eigenvalue weighted by molar-refractivity contribution is 5.53. The van der Waals surface area contributed by atoms with Crippen molar-refractivity contribution in [2.75, 3.05) is 18.0 Å². The maximum absolute atomic E-state index is 12.5. The number of aromatic nitrogens is 2. The summed E-state index contributed by atoms with van der Waals surface area (Å²) in [6.07, 6.45) is 3.35. The Morgan fingerprint density at radius 3 is 2.30 bits per heavy atom. The first-order valence-electron chi connectivity index (χ1n) is 7.94. The smallest absolute Gasteiger partial charge is 0.273 e. The topological polar surface area (TPSA) is 61.9 Å². The number of rotatable bonds is 2. The molecule has 0 saturated carbocycles. The van der Waals surface area contributed by atoms with Gasteiger partial charge in [-0.1, -0.05) is 24.3 Å². The first-order valence-corrected chi connectivity index (χ1v) is 7.94. The lowest BCUT2D eigenvalue weighted by molar-refractivity contribution is 0.564. The largest absolute Gasteiger partial charge is 0.355 e. The Kier molecular flexibility index (Phi) is 4.16. The Labute approximate surface area is 135 Å². The average molecular weight is 308 g/mol. The molecule has 0 N–H and O–H groups in total. The second-order valence-corrected chi connectivity index (χ2v) is 6.12. The van der Waals surface area contributed by atoms with Gasteiger partial charge in [0.25, 0.3) is 5.56 Å². The number of anilines is 1. The highest BCUT2D eigenvalue weighted by atomic mass is 16.1. The van der Waals surface area contributed by atoms with Gasteiger partial charge in [0.15, 0.2) is 11.4 Å². The fraction of sp³-hybridized carbons (Fsp3) is 0.389. The van der Waals surface area contributed by atoms with Crippen molar-refractivity contribution < 1.29 is 0 Å². The van der Waals surface area contributed by atoms with E-state index in [0.29, 0.717) is 5.82 Å². The summed E-state index contributed by atoms with van der Waals surface area (Å²) >= 11 is 0. The Balaban J connectivity index is 1.96. The van der Waals surface area contributed by atoms with E-state index in [2.05, 4.69) is 40.2 Å². The number of fused-ring (bicyclic) bond motifs is 1. The summed E-state index contributed by atoms with van der Waals surface area (Å²) in [5.74, 6) is 0.516. The Morgan fingerprint density at radius 2 is 1.78 bits per heavy atom. The van der Waals surface area contributed by atoms with Crippen molar-refractivity contribution in [3.05, 3.63) is 57.6 Å². The van der Waals surface area contributed by atoms with Gasteiger partial charge in [0, 0.05) is 19.1 Å². The van der Waals surface area contributed by atoms with E-state index < -0.39 is 0 Å². The van der Waals surface area contributed by atoms with Crippen molar-refractivity contribution in [2.45, 2.75) is 32.7 Å². The zero-order valence-corrected chi connectivity index (χ0v) is 13.5. The van der Waals surface area contributed by atoms with Gasteiger partial charge in [-0.2, -0.15) is 5.26 Å². The van der Waals surface area contributed by atoms with Crippen LogP contribution in [0.15, 0.2) is 35.4 Å². The molecule has 1 aromatic heterocycles. The molecule has 0 bridgehead atoms. The fourth-order valence-electron chi connectivity index (χ4n) is 3.04. The van der Waals surface area contributed by atoms with Crippen molar-refractivity contribution in [2.24, 2.45) is 0 Å². The minimum absolute atomic E-state index is 0.00969. The van der Waals surface area contributed by atoms with Crippen LogP contribution < -0.4 is 10.5 Å². The first-order chi connectivity index (χ1) is 11.1. The number of nitriles is 1. The Bertz CT molecular complexity index is 790. The average Bonchev–Trinajstić information content (AvgIpc) is 2.76. The van der Waals surface area contributed by atoms with Crippen LogP contribution in [0.3, 0.4) is 0 Å². The van der Waals surface area contributed by atoms with Crippen LogP contribution in [0, 0.1) is 11.3 Å². The molecule has 118 valence electrons. The highest BCUT2D eigenvalue weighted by Gasteiger charge is 2.21. The Hall–Kier alpha value is -2.61. The molecule has 1 aliphatic heterocycles. The van der Waals surface area contributed by atoms with Crippen LogP contribution in [-0.2, 0) is 12.8 Å². The van der Waals surface area contributed by atoms with Crippen LogP contribution >= 0.6 is 0 Å². The molecule has 23 heavy (non-hydrogen) atoms. The zero-order valence-electron chi connectivity index (χ0n) is 13.5. The second-order valence-electron chi connectivity index (χ2n) is 6.12. The number of hydrogen-bond acceptors (Lipinski definition) is 4. The molecule has 5 nitrogen and oxygen atoms in total. The van der Waals surface area contributed by atoms with Gasteiger partial charge in [-0.25, -0.2) is 4.98 Å². The van der Waals surface area contributed by atoms with E-state index in [1.54, 1.807) is 6.33 Å². The van der Waals surface area contributed by atoms with E-state index in [9.17, 15) is 10.1 Å². The van der Waals surface area contributed by atoms with Crippen LogP contribution in [0.4, 0.5) is 5.82 Å².